The lowest BCUT2D eigenvalue weighted by molar-refractivity contribution is 0.337. The number of likely N-dealkylation sites (N-methyl/N-ethyl adjacent to an activating group) is 1. The highest BCUT2D eigenvalue weighted by molar-refractivity contribution is 6.34. The van der Waals surface area contributed by atoms with Gasteiger partial charge in [-0.1, -0.05) is 17.7 Å². The smallest absolute Gasteiger partial charge is 0.126 e. The van der Waals surface area contributed by atoms with Gasteiger partial charge in [0.1, 0.15) is 5.84 Å². The van der Waals surface area contributed by atoms with Gasteiger partial charge in [-0.15, -0.1) is 0 Å². The van der Waals surface area contributed by atoms with Crippen LogP contribution in [-0.2, 0) is 0 Å². The molecule has 1 aromatic carbocycles. The standard InChI is InChI=1S/C14H21ClN4/c1-10-9-18(2)7-4-8-19(10)12-6-3-5-11(15)13(12)14(16)17/h3,5-6,10H,4,7-9H2,1-2H3,(H3,16,17). The van der Waals surface area contributed by atoms with Gasteiger partial charge in [0.2, 0.25) is 0 Å². The number of nitrogens with two attached hydrogens (primary N) is 1. The monoisotopic (exact) mass is 280 g/mol. The zero-order chi connectivity index (χ0) is 14.0. The van der Waals surface area contributed by atoms with Crippen LogP contribution in [0.4, 0.5) is 5.69 Å². The number of amidine groups is 1. The van der Waals surface area contributed by atoms with Crippen LogP contribution in [0.2, 0.25) is 5.02 Å². The normalized spacial score (nSPS) is 21.2. The van der Waals surface area contributed by atoms with Crippen molar-refractivity contribution in [3.05, 3.63) is 28.8 Å². The fourth-order valence-electron chi connectivity index (χ4n) is 2.75. The van der Waals surface area contributed by atoms with Crippen molar-refractivity contribution >= 4 is 23.1 Å². The second kappa shape index (κ2) is 5.80. The van der Waals surface area contributed by atoms with Gasteiger partial charge >= 0.3 is 0 Å². The summed E-state index contributed by atoms with van der Waals surface area (Å²) >= 11 is 6.20. The fraction of sp³-hybridized carbons (Fsp3) is 0.500. The maximum atomic E-state index is 7.75. The van der Waals surface area contributed by atoms with Crippen molar-refractivity contribution in [3.63, 3.8) is 0 Å². The van der Waals surface area contributed by atoms with E-state index in [0.717, 1.165) is 31.7 Å². The van der Waals surface area contributed by atoms with E-state index in [1.54, 1.807) is 6.07 Å². The molecule has 0 bridgehead atoms. The van der Waals surface area contributed by atoms with E-state index < -0.39 is 0 Å². The summed E-state index contributed by atoms with van der Waals surface area (Å²) in [6.45, 7) is 5.26. The molecule has 4 nitrogen and oxygen atoms in total. The van der Waals surface area contributed by atoms with Crippen molar-refractivity contribution in [3.8, 4) is 0 Å². The number of nitrogen functional groups attached to an aromatic ring is 1. The van der Waals surface area contributed by atoms with Crippen LogP contribution >= 0.6 is 11.6 Å². The molecule has 104 valence electrons. The summed E-state index contributed by atoms with van der Waals surface area (Å²) in [5.41, 5.74) is 7.32. The molecule has 1 unspecified atom stereocenters. The first-order chi connectivity index (χ1) is 9.00. The largest absolute Gasteiger partial charge is 0.384 e. The molecule has 1 fully saturated rings. The Hall–Kier alpha value is -1.26. The molecule has 0 aromatic heterocycles. The van der Waals surface area contributed by atoms with Gasteiger partial charge in [0.25, 0.3) is 0 Å². The second-order valence-corrected chi connectivity index (χ2v) is 5.61. The molecular formula is C14H21ClN4. The van der Waals surface area contributed by atoms with E-state index in [0.29, 0.717) is 16.6 Å². The molecule has 0 aliphatic carbocycles. The van der Waals surface area contributed by atoms with Crippen LogP contribution in [0.3, 0.4) is 0 Å². The summed E-state index contributed by atoms with van der Waals surface area (Å²) in [7, 11) is 2.14. The lowest BCUT2D eigenvalue weighted by Crippen LogP contribution is -2.39. The third-order valence-electron chi connectivity index (χ3n) is 3.62. The predicted octanol–water partition coefficient (Wildman–Crippen LogP) is 2.15. The van der Waals surface area contributed by atoms with Gasteiger partial charge in [0.15, 0.2) is 0 Å². The average molecular weight is 281 g/mol. The third kappa shape index (κ3) is 3.01. The summed E-state index contributed by atoms with van der Waals surface area (Å²) in [5.74, 6) is 0.0328. The van der Waals surface area contributed by atoms with E-state index in [2.05, 4.69) is 23.8 Å². The van der Waals surface area contributed by atoms with Crippen molar-refractivity contribution in [1.82, 2.24) is 4.90 Å². The van der Waals surface area contributed by atoms with Crippen molar-refractivity contribution in [1.29, 1.82) is 5.41 Å². The van der Waals surface area contributed by atoms with Gasteiger partial charge in [-0.25, -0.2) is 0 Å². The van der Waals surface area contributed by atoms with E-state index in [4.69, 9.17) is 22.7 Å². The Bertz CT molecular complexity index is 475. The number of halogens is 1. The number of rotatable bonds is 2. The van der Waals surface area contributed by atoms with Crippen LogP contribution in [0, 0.1) is 5.41 Å². The zero-order valence-electron chi connectivity index (χ0n) is 11.5. The molecule has 1 aromatic rings. The first-order valence-corrected chi connectivity index (χ1v) is 6.96. The molecule has 5 heteroatoms. The van der Waals surface area contributed by atoms with E-state index in [-0.39, 0.29) is 5.84 Å². The van der Waals surface area contributed by atoms with Gasteiger partial charge in [-0.2, -0.15) is 0 Å². The topological polar surface area (TPSA) is 56.4 Å². The highest BCUT2D eigenvalue weighted by Crippen LogP contribution is 2.29. The molecule has 0 saturated carbocycles. The number of benzene rings is 1. The summed E-state index contributed by atoms with van der Waals surface area (Å²) in [4.78, 5) is 4.65. The Morgan fingerprint density at radius 2 is 2.16 bits per heavy atom. The van der Waals surface area contributed by atoms with E-state index in [9.17, 15) is 0 Å². The average Bonchev–Trinajstić information content (AvgIpc) is 2.49. The number of nitrogens with one attached hydrogen (secondary N) is 1. The van der Waals surface area contributed by atoms with Crippen LogP contribution in [0.25, 0.3) is 0 Å². The molecular weight excluding hydrogens is 260 g/mol. The third-order valence-corrected chi connectivity index (χ3v) is 3.93. The Kier molecular flexibility index (Phi) is 4.32. The molecule has 1 saturated heterocycles. The number of anilines is 1. The van der Waals surface area contributed by atoms with Crippen LogP contribution in [0.5, 0.6) is 0 Å². The number of hydrogen-bond donors (Lipinski definition) is 2. The summed E-state index contributed by atoms with van der Waals surface area (Å²) in [5, 5.41) is 8.30. The Morgan fingerprint density at radius 1 is 1.42 bits per heavy atom. The predicted molar refractivity (Wildman–Crippen MR) is 81.4 cm³/mol. The highest BCUT2D eigenvalue weighted by atomic mass is 35.5. The minimum absolute atomic E-state index is 0.0328. The molecule has 19 heavy (non-hydrogen) atoms. The lowest BCUT2D eigenvalue weighted by atomic mass is 10.1. The zero-order valence-corrected chi connectivity index (χ0v) is 12.2. The lowest BCUT2D eigenvalue weighted by Gasteiger charge is -2.32. The summed E-state index contributed by atoms with van der Waals surface area (Å²) in [6, 6.07) is 6.09. The molecule has 3 N–H and O–H groups in total. The Labute approximate surface area is 119 Å². The molecule has 1 heterocycles. The maximum Gasteiger partial charge on any atom is 0.126 e. The van der Waals surface area contributed by atoms with Crippen LogP contribution < -0.4 is 10.6 Å². The van der Waals surface area contributed by atoms with Crippen LogP contribution in [0.1, 0.15) is 18.9 Å². The second-order valence-electron chi connectivity index (χ2n) is 5.21. The minimum Gasteiger partial charge on any atom is -0.384 e. The molecule has 2 rings (SSSR count). The van der Waals surface area contributed by atoms with Crippen molar-refractivity contribution in [2.24, 2.45) is 5.73 Å². The van der Waals surface area contributed by atoms with Crippen molar-refractivity contribution in [2.75, 3.05) is 31.6 Å². The van der Waals surface area contributed by atoms with E-state index >= 15 is 0 Å². The van der Waals surface area contributed by atoms with Crippen LogP contribution in [-0.4, -0.2) is 43.5 Å². The molecule has 1 aliphatic heterocycles. The van der Waals surface area contributed by atoms with Gasteiger partial charge < -0.3 is 15.5 Å². The molecule has 1 atom stereocenters. The molecule has 0 radical (unpaired) electrons. The number of hydrogen-bond acceptors (Lipinski definition) is 3. The Morgan fingerprint density at radius 3 is 2.84 bits per heavy atom. The molecule has 0 spiro atoms. The summed E-state index contributed by atoms with van der Waals surface area (Å²) in [6.07, 6.45) is 1.10. The first-order valence-electron chi connectivity index (χ1n) is 6.58. The van der Waals surface area contributed by atoms with Crippen LogP contribution in [0.15, 0.2) is 18.2 Å². The van der Waals surface area contributed by atoms with E-state index in [1.807, 2.05) is 12.1 Å². The fourth-order valence-corrected chi connectivity index (χ4v) is 3.02. The van der Waals surface area contributed by atoms with E-state index in [1.165, 1.54) is 0 Å². The first kappa shape index (κ1) is 14.2. The molecule has 0 amide bonds. The van der Waals surface area contributed by atoms with Gasteiger partial charge in [0.05, 0.1) is 10.6 Å². The van der Waals surface area contributed by atoms with Gasteiger partial charge in [-0.05, 0) is 39.1 Å². The minimum atomic E-state index is 0.0328. The SMILES string of the molecule is CC1CN(C)CCCN1c1cccc(Cl)c1C(=N)N. The molecule has 1 aliphatic rings. The van der Waals surface area contributed by atoms with Gasteiger partial charge in [-0.3, -0.25) is 5.41 Å². The van der Waals surface area contributed by atoms with Crippen molar-refractivity contribution in [2.45, 2.75) is 19.4 Å². The van der Waals surface area contributed by atoms with Crippen molar-refractivity contribution < 1.29 is 0 Å². The maximum absolute atomic E-state index is 7.75. The summed E-state index contributed by atoms with van der Waals surface area (Å²) < 4.78 is 0. The Balaban J connectivity index is 2.40. The highest BCUT2D eigenvalue weighted by Gasteiger charge is 2.23. The number of nitrogens with zero attached hydrogens (tertiary/aromatic N) is 2. The quantitative estimate of drug-likeness (QED) is 0.645. The van der Waals surface area contributed by atoms with Gasteiger partial charge in [0, 0.05) is 24.8 Å².